The van der Waals surface area contributed by atoms with Crippen molar-refractivity contribution in [2.75, 3.05) is 20.3 Å². The lowest BCUT2D eigenvalue weighted by Crippen LogP contribution is -2.25. The fourth-order valence-electron chi connectivity index (χ4n) is 1.89. The first-order valence-electron chi connectivity index (χ1n) is 5.34. The molecule has 84 valence electrons. The van der Waals surface area contributed by atoms with Gasteiger partial charge < -0.3 is 4.74 Å². The summed E-state index contributed by atoms with van der Waals surface area (Å²) in [5, 5.41) is 2.17. The van der Waals surface area contributed by atoms with Crippen molar-refractivity contribution in [1.82, 2.24) is 5.48 Å². The molecule has 3 nitrogen and oxygen atoms in total. The highest BCUT2D eigenvalue weighted by Crippen LogP contribution is 2.33. The molecule has 0 saturated carbocycles. The van der Waals surface area contributed by atoms with Crippen molar-refractivity contribution in [3.8, 4) is 0 Å². The van der Waals surface area contributed by atoms with Crippen LogP contribution < -0.4 is 5.48 Å². The first-order chi connectivity index (χ1) is 7.42. The Hall–Kier alpha value is -0.420. The van der Waals surface area contributed by atoms with Gasteiger partial charge in [-0.3, -0.25) is 4.84 Å². The van der Waals surface area contributed by atoms with Crippen molar-refractivity contribution in [2.45, 2.75) is 25.3 Å². The summed E-state index contributed by atoms with van der Waals surface area (Å²) in [6.45, 7) is 1.24. The van der Waals surface area contributed by atoms with Crippen LogP contribution in [0.15, 0.2) is 11.4 Å². The number of rotatable bonds is 5. The van der Waals surface area contributed by atoms with Crippen LogP contribution in [0.4, 0.5) is 0 Å². The van der Waals surface area contributed by atoms with Gasteiger partial charge in [-0.25, -0.2) is 0 Å². The minimum atomic E-state index is 0.372. The standard InChI is InChI=1S/C11H17NO2S/c1-13-6-7-14-12-10-3-2-4-11-9(10)5-8-15-11/h5,8,10,12H,2-4,6-7H2,1H3. The fraction of sp³-hybridized carbons (Fsp3) is 0.636. The number of hydroxylamine groups is 1. The number of nitrogens with one attached hydrogen (secondary N) is 1. The molecule has 1 N–H and O–H groups in total. The van der Waals surface area contributed by atoms with Crippen molar-refractivity contribution in [1.29, 1.82) is 0 Å². The van der Waals surface area contributed by atoms with E-state index in [2.05, 4.69) is 16.9 Å². The summed E-state index contributed by atoms with van der Waals surface area (Å²) in [4.78, 5) is 6.88. The second-order valence-corrected chi connectivity index (χ2v) is 4.70. The number of thiophene rings is 1. The number of aryl methyl sites for hydroxylation is 1. The molecule has 4 heteroatoms. The molecule has 1 aromatic rings. The minimum Gasteiger partial charge on any atom is -0.382 e. The van der Waals surface area contributed by atoms with Crippen LogP contribution in [0.25, 0.3) is 0 Å². The predicted molar refractivity (Wildman–Crippen MR) is 61.0 cm³/mol. The summed E-state index contributed by atoms with van der Waals surface area (Å²) in [7, 11) is 1.68. The summed E-state index contributed by atoms with van der Waals surface area (Å²) in [5.74, 6) is 0. The van der Waals surface area contributed by atoms with Gasteiger partial charge >= 0.3 is 0 Å². The van der Waals surface area contributed by atoms with E-state index in [-0.39, 0.29) is 0 Å². The SMILES string of the molecule is COCCONC1CCCc2sccc21. The Morgan fingerprint density at radius 1 is 1.53 bits per heavy atom. The Bertz CT molecular complexity index is 301. The van der Waals surface area contributed by atoms with Gasteiger partial charge in [0.25, 0.3) is 0 Å². The molecule has 1 atom stereocenters. The highest BCUT2D eigenvalue weighted by molar-refractivity contribution is 7.10. The largest absolute Gasteiger partial charge is 0.382 e. The maximum atomic E-state index is 5.37. The van der Waals surface area contributed by atoms with E-state index in [1.165, 1.54) is 23.3 Å². The van der Waals surface area contributed by atoms with Crippen LogP contribution in [0.2, 0.25) is 0 Å². The Morgan fingerprint density at radius 2 is 2.47 bits per heavy atom. The van der Waals surface area contributed by atoms with E-state index in [0.717, 1.165) is 6.42 Å². The third-order valence-corrected chi connectivity index (χ3v) is 3.66. The molecule has 1 aromatic heterocycles. The van der Waals surface area contributed by atoms with Crippen molar-refractivity contribution in [3.63, 3.8) is 0 Å². The smallest absolute Gasteiger partial charge is 0.0916 e. The van der Waals surface area contributed by atoms with Crippen LogP contribution in [-0.4, -0.2) is 20.3 Å². The maximum absolute atomic E-state index is 5.37. The molecule has 2 rings (SSSR count). The first-order valence-corrected chi connectivity index (χ1v) is 6.22. The predicted octanol–water partition coefficient (Wildman–Crippen LogP) is 2.29. The first kappa shape index (κ1) is 11.1. The van der Waals surface area contributed by atoms with E-state index in [4.69, 9.17) is 9.57 Å². The van der Waals surface area contributed by atoms with Gasteiger partial charge in [0.1, 0.15) is 0 Å². The van der Waals surface area contributed by atoms with E-state index >= 15 is 0 Å². The summed E-state index contributed by atoms with van der Waals surface area (Å²) in [5.41, 5.74) is 4.55. The summed E-state index contributed by atoms with van der Waals surface area (Å²) >= 11 is 1.85. The van der Waals surface area contributed by atoms with Gasteiger partial charge in [-0.15, -0.1) is 11.3 Å². The zero-order valence-electron chi connectivity index (χ0n) is 8.99. The lowest BCUT2D eigenvalue weighted by Gasteiger charge is -2.23. The molecule has 0 bridgehead atoms. The molecule has 0 amide bonds. The van der Waals surface area contributed by atoms with Crippen molar-refractivity contribution in [3.05, 3.63) is 21.9 Å². The molecule has 0 saturated heterocycles. The van der Waals surface area contributed by atoms with Gasteiger partial charge in [-0.05, 0) is 36.3 Å². The summed E-state index contributed by atoms with van der Waals surface area (Å²) < 4.78 is 4.92. The molecule has 0 radical (unpaired) electrons. The number of hydrogen-bond acceptors (Lipinski definition) is 4. The van der Waals surface area contributed by atoms with Gasteiger partial charge in [0.2, 0.25) is 0 Å². The Labute approximate surface area is 94.4 Å². The lowest BCUT2D eigenvalue weighted by atomic mass is 9.95. The lowest BCUT2D eigenvalue weighted by molar-refractivity contribution is -0.0152. The normalized spacial score (nSPS) is 20.2. The Morgan fingerprint density at radius 3 is 3.33 bits per heavy atom. The maximum Gasteiger partial charge on any atom is 0.0916 e. The quantitative estimate of drug-likeness (QED) is 0.618. The second-order valence-electron chi connectivity index (χ2n) is 3.70. The molecule has 0 aliphatic heterocycles. The highest BCUT2D eigenvalue weighted by Gasteiger charge is 2.20. The van der Waals surface area contributed by atoms with Gasteiger partial charge in [-0.1, -0.05) is 0 Å². The fourth-order valence-corrected chi connectivity index (χ4v) is 2.88. The number of fused-ring (bicyclic) bond motifs is 1. The number of methoxy groups -OCH3 is 1. The van der Waals surface area contributed by atoms with E-state index in [1.54, 1.807) is 7.11 Å². The molecule has 1 aliphatic rings. The summed E-state index contributed by atoms with van der Waals surface area (Å²) in [6, 6.07) is 2.58. The van der Waals surface area contributed by atoms with Gasteiger partial charge in [-0.2, -0.15) is 5.48 Å². The van der Waals surface area contributed by atoms with Crippen molar-refractivity contribution in [2.24, 2.45) is 0 Å². The van der Waals surface area contributed by atoms with Crippen LogP contribution in [0.5, 0.6) is 0 Å². The van der Waals surface area contributed by atoms with Gasteiger partial charge in [0.15, 0.2) is 0 Å². The van der Waals surface area contributed by atoms with E-state index in [9.17, 15) is 0 Å². The topological polar surface area (TPSA) is 30.5 Å². The average molecular weight is 227 g/mol. The molecule has 0 fully saturated rings. The highest BCUT2D eigenvalue weighted by atomic mass is 32.1. The molecule has 1 aliphatic carbocycles. The molecule has 0 aromatic carbocycles. The zero-order chi connectivity index (χ0) is 10.5. The second kappa shape index (κ2) is 5.61. The minimum absolute atomic E-state index is 0.372. The molecular formula is C11H17NO2S. The van der Waals surface area contributed by atoms with Gasteiger partial charge in [0.05, 0.1) is 19.3 Å². The Balaban J connectivity index is 1.84. The molecular weight excluding hydrogens is 210 g/mol. The third kappa shape index (κ3) is 2.78. The van der Waals surface area contributed by atoms with E-state index in [0.29, 0.717) is 19.3 Å². The van der Waals surface area contributed by atoms with Crippen LogP contribution in [-0.2, 0) is 16.0 Å². The monoisotopic (exact) mass is 227 g/mol. The van der Waals surface area contributed by atoms with E-state index in [1.807, 2.05) is 11.3 Å². The van der Waals surface area contributed by atoms with E-state index < -0.39 is 0 Å². The van der Waals surface area contributed by atoms with Crippen LogP contribution >= 0.6 is 11.3 Å². The van der Waals surface area contributed by atoms with Crippen LogP contribution in [0.1, 0.15) is 29.3 Å². The zero-order valence-corrected chi connectivity index (χ0v) is 9.81. The molecule has 1 unspecified atom stereocenters. The molecule has 1 heterocycles. The number of hydrogen-bond donors (Lipinski definition) is 1. The molecule has 0 spiro atoms. The third-order valence-electron chi connectivity index (χ3n) is 2.67. The number of ether oxygens (including phenoxy) is 1. The average Bonchev–Trinajstić information content (AvgIpc) is 2.73. The van der Waals surface area contributed by atoms with Crippen molar-refractivity contribution >= 4 is 11.3 Å². The molecule has 15 heavy (non-hydrogen) atoms. The Kier molecular flexibility index (Phi) is 4.14. The van der Waals surface area contributed by atoms with Crippen molar-refractivity contribution < 1.29 is 9.57 Å². The summed E-state index contributed by atoms with van der Waals surface area (Å²) in [6.07, 6.45) is 3.64. The van der Waals surface area contributed by atoms with Crippen LogP contribution in [0, 0.1) is 0 Å². The van der Waals surface area contributed by atoms with Gasteiger partial charge in [0, 0.05) is 12.0 Å². The van der Waals surface area contributed by atoms with Crippen LogP contribution in [0.3, 0.4) is 0 Å².